The Labute approximate surface area is 107 Å². The molecule has 1 saturated heterocycles. The number of aliphatic hydroxyl groups is 1. The second-order valence-corrected chi connectivity index (χ2v) is 5.21. The Morgan fingerprint density at radius 3 is 2.67 bits per heavy atom. The fraction of sp³-hybridized carbons (Fsp3) is 0.571. The molecule has 1 N–H and O–H groups in total. The summed E-state index contributed by atoms with van der Waals surface area (Å²) in [5, 5.41) is 9.87. The van der Waals surface area contributed by atoms with Crippen molar-refractivity contribution in [2.75, 3.05) is 20.2 Å². The van der Waals surface area contributed by atoms with Gasteiger partial charge in [-0.25, -0.2) is 4.39 Å². The molecule has 18 heavy (non-hydrogen) atoms. The van der Waals surface area contributed by atoms with Gasteiger partial charge in [-0.15, -0.1) is 0 Å². The number of piperidine rings is 1. The van der Waals surface area contributed by atoms with Gasteiger partial charge in [-0.2, -0.15) is 0 Å². The van der Waals surface area contributed by atoms with Crippen LogP contribution in [0.2, 0.25) is 0 Å². The summed E-state index contributed by atoms with van der Waals surface area (Å²) in [7, 11) is 1.47. The molecule has 0 aromatic heterocycles. The van der Waals surface area contributed by atoms with E-state index in [-0.39, 0.29) is 11.6 Å². The van der Waals surface area contributed by atoms with E-state index in [4.69, 9.17) is 4.74 Å². The van der Waals surface area contributed by atoms with Crippen LogP contribution in [0.15, 0.2) is 18.2 Å². The van der Waals surface area contributed by atoms with E-state index in [2.05, 4.69) is 4.90 Å². The highest BCUT2D eigenvalue weighted by atomic mass is 19.1. The molecule has 1 aromatic carbocycles. The Bertz CT molecular complexity index is 410. The van der Waals surface area contributed by atoms with Gasteiger partial charge in [0.15, 0.2) is 11.6 Å². The van der Waals surface area contributed by atoms with Gasteiger partial charge >= 0.3 is 0 Å². The average molecular weight is 253 g/mol. The molecule has 2 rings (SSSR count). The first-order valence-electron chi connectivity index (χ1n) is 6.28. The van der Waals surface area contributed by atoms with Crippen LogP contribution in [0.25, 0.3) is 0 Å². The third-order valence-corrected chi connectivity index (χ3v) is 3.59. The van der Waals surface area contributed by atoms with Gasteiger partial charge in [-0.3, -0.25) is 4.90 Å². The number of likely N-dealkylation sites (tertiary alicyclic amines) is 1. The minimum absolute atomic E-state index is 0.280. The fourth-order valence-corrected chi connectivity index (χ4v) is 2.27. The zero-order chi connectivity index (χ0) is 13.2. The second-order valence-electron chi connectivity index (χ2n) is 5.21. The molecule has 100 valence electrons. The Morgan fingerprint density at radius 2 is 2.06 bits per heavy atom. The van der Waals surface area contributed by atoms with Crippen molar-refractivity contribution in [1.29, 1.82) is 0 Å². The molecule has 0 amide bonds. The molecule has 0 unspecified atom stereocenters. The summed E-state index contributed by atoms with van der Waals surface area (Å²) in [5.41, 5.74) is 0.0829. The van der Waals surface area contributed by atoms with Crippen molar-refractivity contribution in [1.82, 2.24) is 4.90 Å². The van der Waals surface area contributed by atoms with Crippen LogP contribution in [0.3, 0.4) is 0 Å². The van der Waals surface area contributed by atoms with Gasteiger partial charge in [-0.05, 0) is 25.8 Å². The van der Waals surface area contributed by atoms with Gasteiger partial charge < -0.3 is 9.84 Å². The molecule has 0 radical (unpaired) electrons. The molecule has 0 spiro atoms. The maximum Gasteiger partial charge on any atom is 0.169 e. The van der Waals surface area contributed by atoms with E-state index in [9.17, 15) is 9.50 Å². The lowest BCUT2D eigenvalue weighted by Crippen LogP contribution is -2.42. The van der Waals surface area contributed by atoms with E-state index in [1.807, 2.05) is 6.92 Å². The summed E-state index contributed by atoms with van der Waals surface area (Å²) in [6.07, 6.45) is 1.47. The monoisotopic (exact) mass is 253 g/mol. The minimum Gasteiger partial charge on any atom is -0.494 e. The predicted molar refractivity (Wildman–Crippen MR) is 68.1 cm³/mol. The van der Waals surface area contributed by atoms with Gasteiger partial charge in [0.2, 0.25) is 0 Å². The SMILES string of the molecule is COc1cccc(CN2CCC(C)(O)CC2)c1F. The molecule has 1 aliphatic rings. The van der Waals surface area contributed by atoms with Gasteiger partial charge in [0.1, 0.15) is 0 Å². The molecule has 0 aliphatic carbocycles. The van der Waals surface area contributed by atoms with Gasteiger partial charge in [0, 0.05) is 25.2 Å². The molecule has 0 bridgehead atoms. The molecule has 0 atom stereocenters. The number of nitrogens with zero attached hydrogens (tertiary/aromatic N) is 1. The third-order valence-electron chi connectivity index (χ3n) is 3.59. The summed E-state index contributed by atoms with van der Waals surface area (Å²) in [4.78, 5) is 2.16. The molecule has 1 aromatic rings. The highest BCUT2D eigenvalue weighted by Gasteiger charge is 2.27. The van der Waals surface area contributed by atoms with Crippen LogP contribution in [0.5, 0.6) is 5.75 Å². The van der Waals surface area contributed by atoms with Crippen molar-refractivity contribution in [3.05, 3.63) is 29.6 Å². The second kappa shape index (κ2) is 5.24. The van der Waals surface area contributed by atoms with Crippen LogP contribution in [0.4, 0.5) is 4.39 Å². The molecule has 1 heterocycles. The average Bonchev–Trinajstić information content (AvgIpc) is 2.34. The Kier molecular flexibility index (Phi) is 3.88. The summed E-state index contributed by atoms with van der Waals surface area (Å²) in [6, 6.07) is 5.21. The summed E-state index contributed by atoms with van der Waals surface area (Å²) < 4.78 is 19.0. The van der Waals surface area contributed by atoms with Crippen molar-refractivity contribution in [2.45, 2.75) is 31.9 Å². The number of halogens is 1. The van der Waals surface area contributed by atoms with Crippen molar-refractivity contribution in [3.8, 4) is 5.75 Å². The topological polar surface area (TPSA) is 32.7 Å². The normalized spacial score (nSPS) is 19.8. The van der Waals surface area contributed by atoms with Crippen molar-refractivity contribution < 1.29 is 14.2 Å². The minimum atomic E-state index is -0.566. The molecule has 1 fully saturated rings. The third kappa shape index (κ3) is 3.00. The highest BCUT2D eigenvalue weighted by molar-refractivity contribution is 5.31. The van der Waals surface area contributed by atoms with Crippen molar-refractivity contribution >= 4 is 0 Å². The van der Waals surface area contributed by atoms with E-state index < -0.39 is 5.60 Å². The molecule has 3 nitrogen and oxygen atoms in total. The molecular formula is C14H20FNO2. The lowest BCUT2D eigenvalue weighted by molar-refractivity contribution is -0.00752. The first-order valence-corrected chi connectivity index (χ1v) is 6.28. The molecule has 0 saturated carbocycles. The van der Waals surface area contributed by atoms with Gasteiger partial charge in [-0.1, -0.05) is 12.1 Å². The number of methoxy groups -OCH3 is 1. The Hall–Kier alpha value is -1.13. The summed E-state index contributed by atoms with van der Waals surface area (Å²) in [6.45, 7) is 4.02. The van der Waals surface area contributed by atoms with Crippen LogP contribution in [0.1, 0.15) is 25.3 Å². The number of hydrogen-bond donors (Lipinski definition) is 1. The first-order chi connectivity index (χ1) is 8.52. The van der Waals surface area contributed by atoms with Crippen molar-refractivity contribution in [3.63, 3.8) is 0 Å². The lowest BCUT2D eigenvalue weighted by Gasteiger charge is -2.35. The highest BCUT2D eigenvalue weighted by Crippen LogP contribution is 2.25. The van der Waals surface area contributed by atoms with Crippen molar-refractivity contribution in [2.24, 2.45) is 0 Å². The van der Waals surface area contributed by atoms with Crippen LogP contribution in [0, 0.1) is 5.82 Å². The van der Waals surface area contributed by atoms with E-state index in [0.29, 0.717) is 12.1 Å². The van der Waals surface area contributed by atoms with Gasteiger partial charge in [0.05, 0.1) is 12.7 Å². The van der Waals surface area contributed by atoms with E-state index in [0.717, 1.165) is 25.9 Å². The number of benzene rings is 1. The number of ether oxygens (including phenoxy) is 1. The zero-order valence-electron chi connectivity index (χ0n) is 10.9. The number of hydrogen-bond acceptors (Lipinski definition) is 3. The standard InChI is InChI=1S/C14H20FNO2/c1-14(17)6-8-16(9-7-14)10-11-4-3-5-12(18-2)13(11)15/h3-5,17H,6-10H2,1-2H3. The van der Waals surface area contributed by atoms with Crippen LogP contribution in [-0.4, -0.2) is 35.8 Å². The largest absolute Gasteiger partial charge is 0.494 e. The predicted octanol–water partition coefficient (Wildman–Crippen LogP) is 2.18. The number of rotatable bonds is 3. The smallest absolute Gasteiger partial charge is 0.169 e. The maximum absolute atomic E-state index is 14.0. The summed E-state index contributed by atoms with van der Waals surface area (Å²) in [5.74, 6) is 0.00818. The lowest BCUT2D eigenvalue weighted by atomic mass is 9.93. The maximum atomic E-state index is 14.0. The van der Waals surface area contributed by atoms with E-state index in [1.165, 1.54) is 7.11 Å². The first kappa shape index (κ1) is 13.3. The van der Waals surface area contributed by atoms with Crippen LogP contribution >= 0.6 is 0 Å². The Morgan fingerprint density at radius 1 is 1.39 bits per heavy atom. The van der Waals surface area contributed by atoms with E-state index in [1.54, 1.807) is 18.2 Å². The summed E-state index contributed by atoms with van der Waals surface area (Å²) >= 11 is 0. The molecule has 4 heteroatoms. The molecule has 1 aliphatic heterocycles. The van der Waals surface area contributed by atoms with Gasteiger partial charge in [0.25, 0.3) is 0 Å². The van der Waals surface area contributed by atoms with Crippen LogP contribution in [-0.2, 0) is 6.54 Å². The molecular weight excluding hydrogens is 233 g/mol. The zero-order valence-corrected chi connectivity index (χ0v) is 10.9. The van der Waals surface area contributed by atoms with E-state index >= 15 is 0 Å². The Balaban J connectivity index is 2.02. The van der Waals surface area contributed by atoms with Crippen LogP contribution < -0.4 is 4.74 Å². The fourth-order valence-electron chi connectivity index (χ4n) is 2.27. The quantitative estimate of drug-likeness (QED) is 0.896.